The van der Waals surface area contributed by atoms with Crippen LogP contribution in [0.25, 0.3) is 0 Å². The fourth-order valence-corrected chi connectivity index (χ4v) is 3.62. The van der Waals surface area contributed by atoms with Crippen LogP contribution < -0.4 is 4.90 Å². The summed E-state index contributed by atoms with van der Waals surface area (Å²) in [5.74, 6) is -0.897. The normalized spacial score (nSPS) is 21.9. The van der Waals surface area contributed by atoms with E-state index in [4.69, 9.17) is 0 Å². The number of rotatable bonds is 3. The lowest BCUT2D eigenvalue weighted by Gasteiger charge is -2.34. The van der Waals surface area contributed by atoms with Gasteiger partial charge in [0.1, 0.15) is 11.9 Å². The standard InChI is InChI=1S/C17H20F3N3O3/c18-17(19,20)12-3-4-14(21-10-12)22-8-5-11(6-9-22)15(24)23-7-1-2-13(23)16(25)26/h3-4,10-11,13H,1-2,5-9H2,(H,25,26)/t13-/m1/s1. The summed E-state index contributed by atoms with van der Waals surface area (Å²) in [6, 6.07) is 1.60. The molecule has 9 heteroatoms. The average Bonchev–Trinajstić information content (AvgIpc) is 3.11. The van der Waals surface area contributed by atoms with Crippen molar-refractivity contribution < 1.29 is 27.9 Å². The first-order valence-electron chi connectivity index (χ1n) is 8.59. The van der Waals surface area contributed by atoms with E-state index in [0.29, 0.717) is 51.1 Å². The Hall–Kier alpha value is -2.32. The minimum Gasteiger partial charge on any atom is -0.480 e. The molecule has 1 atom stereocenters. The number of likely N-dealkylation sites (tertiary alicyclic amines) is 1. The van der Waals surface area contributed by atoms with Gasteiger partial charge in [-0.1, -0.05) is 0 Å². The van der Waals surface area contributed by atoms with E-state index in [0.717, 1.165) is 12.3 Å². The first-order chi connectivity index (χ1) is 12.3. The molecule has 0 spiro atoms. The molecule has 2 fully saturated rings. The molecule has 0 saturated carbocycles. The largest absolute Gasteiger partial charge is 0.480 e. The second kappa shape index (κ2) is 7.13. The highest BCUT2D eigenvalue weighted by atomic mass is 19.4. The molecular weight excluding hydrogens is 351 g/mol. The number of hydrogen-bond donors (Lipinski definition) is 1. The topological polar surface area (TPSA) is 73.7 Å². The Bertz CT molecular complexity index is 670. The van der Waals surface area contributed by atoms with Crippen molar-refractivity contribution in [2.75, 3.05) is 24.5 Å². The third kappa shape index (κ3) is 3.76. The van der Waals surface area contributed by atoms with Gasteiger partial charge in [-0.3, -0.25) is 4.79 Å². The number of anilines is 1. The summed E-state index contributed by atoms with van der Waals surface area (Å²) in [4.78, 5) is 31.1. The summed E-state index contributed by atoms with van der Waals surface area (Å²) < 4.78 is 37.8. The SMILES string of the molecule is O=C(O)[C@H]1CCCN1C(=O)C1CCN(c2ccc(C(F)(F)F)cn2)CC1. The summed E-state index contributed by atoms with van der Waals surface area (Å²) in [6.45, 7) is 1.47. The van der Waals surface area contributed by atoms with E-state index in [1.807, 2.05) is 4.90 Å². The number of nitrogens with zero attached hydrogens (tertiary/aromatic N) is 3. The number of amides is 1. The summed E-state index contributed by atoms with van der Waals surface area (Å²) in [5.41, 5.74) is -0.792. The maximum absolute atomic E-state index is 12.6. The fourth-order valence-electron chi connectivity index (χ4n) is 3.62. The van der Waals surface area contributed by atoms with Gasteiger partial charge in [0.05, 0.1) is 5.56 Å². The smallest absolute Gasteiger partial charge is 0.417 e. The van der Waals surface area contributed by atoms with Gasteiger partial charge in [0.25, 0.3) is 0 Å². The van der Waals surface area contributed by atoms with Gasteiger partial charge in [0, 0.05) is 31.7 Å². The summed E-state index contributed by atoms with van der Waals surface area (Å²) in [5, 5.41) is 9.21. The van der Waals surface area contributed by atoms with Crippen LogP contribution in [-0.2, 0) is 15.8 Å². The number of halogens is 3. The molecule has 1 N–H and O–H groups in total. The van der Waals surface area contributed by atoms with Crippen molar-refractivity contribution in [1.29, 1.82) is 0 Å². The molecule has 0 bridgehead atoms. The third-order valence-electron chi connectivity index (χ3n) is 5.06. The molecule has 3 heterocycles. The van der Waals surface area contributed by atoms with Gasteiger partial charge in [-0.05, 0) is 37.8 Å². The Morgan fingerprint density at radius 2 is 1.81 bits per heavy atom. The molecule has 3 rings (SSSR count). The average molecular weight is 371 g/mol. The van der Waals surface area contributed by atoms with E-state index >= 15 is 0 Å². The van der Waals surface area contributed by atoms with Crippen LogP contribution in [0.3, 0.4) is 0 Å². The Labute approximate surface area is 148 Å². The lowest BCUT2D eigenvalue weighted by Crippen LogP contribution is -2.46. The van der Waals surface area contributed by atoms with Crippen molar-refractivity contribution in [1.82, 2.24) is 9.88 Å². The number of hydrogen-bond acceptors (Lipinski definition) is 4. The van der Waals surface area contributed by atoms with Crippen LogP contribution in [0.5, 0.6) is 0 Å². The number of carbonyl (C=O) groups excluding carboxylic acids is 1. The van der Waals surface area contributed by atoms with Gasteiger partial charge in [-0.2, -0.15) is 13.2 Å². The van der Waals surface area contributed by atoms with Gasteiger partial charge >= 0.3 is 12.1 Å². The van der Waals surface area contributed by atoms with Crippen molar-refractivity contribution in [2.24, 2.45) is 5.92 Å². The minimum absolute atomic E-state index is 0.130. The monoisotopic (exact) mass is 371 g/mol. The summed E-state index contributed by atoms with van der Waals surface area (Å²) in [6.07, 6.45) is -1.36. The van der Waals surface area contributed by atoms with Crippen molar-refractivity contribution in [3.05, 3.63) is 23.9 Å². The van der Waals surface area contributed by atoms with E-state index < -0.39 is 23.8 Å². The molecule has 1 aromatic heterocycles. The first-order valence-corrected chi connectivity index (χ1v) is 8.59. The number of alkyl halides is 3. The molecule has 0 aromatic carbocycles. The van der Waals surface area contributed by atoms with Crippen molar-refractivity contribution in [3.63, 3.8) is 0 Å². The quantitative estimate of drug-likeness (QED) is 0.883. The van der Waals surface area contributed by atoms with Crippen LogP contribution in [0.4, 0.5) is 19.0 Å². The highest BCUT2D eigenvalue weighted by Gasteiger charge is 2.38. The summed E-state index contributed by atoms with van der Waals surface area (Å²) in [7, 11) is 0. The number of aliphatic carboxylic acids is 1. The maximum atomic E-state index is 12.6. The molecule has 0 aliphatic carbocycles. The summed E-state index contributed by atoms with van der Waals surface area (Å²) >= 11 is 0. The number of carboxylic acid groups (broad SMARTS) is 1. The number of carbonyl (C=O) groups is 2. The van der Waals surface area contributed by atoms with E-state index in [2.05, 4.69) is 4.98 Å². The highest BCUT2D eigenvalue weighted by molar-refractivity contribution is 5.85. The van der Waals surface area contributed by atoms with Crippen LogP contribution in [0, 0.1) is 5.92 Å². The molecule has 2 aliphatic heterocycles. The molecule has 1 amide bonds. The number of piperidine rings is 1. The zero-order valence-corrected chi connectivity index (χ0v) is 14.1. The van der Waals surface area contributed by atoms with E-state index in [-0.39, 0.29) is 11.8 Å². The number of carboxylic acids is 1. The predicted molar refractivity (Wildman–Crippen MR) is 86.5 cm³/mol. The van der Waals surface area contributed by atoms with Crippen LogP contribution in [0.15, 0.2) is 18.3 Å². The first kappa shape index (κ1) is 18.5. The highest BCUT2D eigenvalue weighted by Crippen LogP contribution is 2.31. The second-order valence-corrected chi connectivity index (χ2v) is 6.69. The Morgan fingerprint density at radius 1 is 1.12 bits per heavy atom. The molecule has 142 valence electrons. The Balaban J connectivity index is 1.59. The van der Waals surface area contributed by atoms with Gasteiger partial charge in [-0.25, -0.2) is 9.78 Å². The van der Waals surface area contributed by atoms with Crippen LogP contribution in [0.1, 0.15) is 31.2 Å². The van der Waals surface area contributed by atoms with E-state index in [1.54, 1.807) is 0 Å². The minimum atomic E-state index is -4.42. The van der Waals surface area contributed by atoms with Gasteiger partial charge in [-0.15, -0.1) is 0 Å². The van der Waals surface area contributed by atoms with Crippen LogP contribution >= 0.6 is 0 Å². The zero-order valence-electron chi connectivity index (χ0n) is 14.1. The van der Waals surface area contributed by atoms with E-state index in [9.17, 15) is 27.9 Å². The van der Waals surface area contributed by atoms with Gasteiger partial charge in [0.15, 0.2) is 0 Å². The maximum Gasteiger partial charge on any atom is 0.417 e. The van der Waals surface area contributed by atoms with E-state index in [1.165, 1.54) is 11.0 Å². The Kier molecular flexibility index (Phi) is 5.06. The zero-order chi connectivity index (χ0) is 18.9. The predicted octanol–water partition coefficient (Wildman–Crippen LogP) is 2.39. The molecule has 2 saturated heterocycles. The van der Waals surface area contributed by atoms with Crippen molar-refractivity contribution >= 4 is 17.7 Å². The van der Waals surface area contributed by atoms with Gasteiger partial charge < -0.3 is 14.9 Å². The third-order valence-corrected chi connectivity index (χ3v) is 5.06. The molecule has 0 unspecified atom stereocenters. The molecule has 26 heavy (non-hydrogen) atoms. The van der Waals surface area contributed by atoms with Crippen molar-refractivity contribution in [2.45, 2.75) is 37.9 Å². The molecular formula is C17H20F3N3O3. The molecule has 2 aliphatic rings. The lowest BCUT2D eigenvalue weighted by atomic mass is 9.95. The molecule has 1 aromatic rings. The molecule has 6 nitrogen and oxygen atoms in total. The van der Waals surface area contributed by atoms with Gasteiger partial charge in [0.2, 0.25) is 5.91 Å². The molecule has 0 radical (unpaired) electrons. The van der Waals surface area contributed by atoms with Crippen LogP contribution in [-0.4, -0.2) is 52.5 Å². The fraction of sp³-hybridized carbons (Fsp3) is 0.588. The van der Waals surface area contributed by atoms with Crippen LogP contribution in [0.2, 0.25) is 0 Å². The second-order valence-electron chi connectivity index (χ2n) is 6.69. The number of pyridine rings is 1. The van der Waals surface area contributed by atoms with Crippen molar-refractivity contribution in [3.8, 4) is 0 Å². The Morgan fingerprint density at radius 3 is 2.35 bits per heavy atom. The lowest BCUT2D eigenvalue weighted by molar-refractivity contribution is -0.150. The number of aromatic nitrogens is 1.